The van der Waals surface area contributed by atoms with Crippen molar-refractivity contribution in [1.29, 1.82) is 0 Å². The van der Waals surface area contributed by atoms with Gasteiger partial charge in [-0.1, -0.05) is 23.7 Å². The van der Waals surface area contributed by atoms with Gasteiger partial charge in [0.2, 0.25) is 0 Å². The molecule has 1 heterocycles. The van der Waals surface area contributed by atoms with Crippen molar-refractivity contribution >= 4 is 29.0 Å². The number of amides is 2. The Balaban J connectivity index is 1.82. The van der Waals surface area contributed by atoms with Gasteiger partial charge in [0.15, 0.2) is 4.80 Å². The Morgan fingerprint density at radius 3 is 2.47 bits per heavy atom. The number of benzene rings is 2. The number of thiazole rings is 1. The van der Waals surface area contributed by atoms with E-state index in [0.717, 1.165) is 21.6 Å². The molecule has 0 saturated heterocycles. The SMILES string of the molecule is CCNC(=O)NCCCn1c(-c2ccc(OC(F)(F)F)cc2)csc1=NCc1ccc(Cl)cc1. The fraction of sp³-hybridized carbons (Fsp3) is 0.304. The molecule has 3 rings (SSSR count). The van der Waals surface area contributed by atoms with E-state index in [0.29, 0.717) is 37.6 Å². The number of halogens is 4. The fourth-order valence-electron chi connectivity index (χ4n) is 3.14. The quantitative estimate of drug-likeness (QED) is 0.368. The molecule has 34 heavy (non-hydrogen) atoms. The maximum atomic E-state index is 12.5. The van der Waals surface area contributed by atoms with E-state index in [1.54, 1.807) is 24.3 Å². The van der Waals surface area contributed by atoms with E-state index >= 15 is 0 Å². The summed E-state index contributed by atoms with van der Waals surface area (Å²) in [7, 11) is 0. The molecule has 1 aromatic heterocycles. The lowest BCUT2D eigenvalue weighted by Gasteiger charge is -2.12. The fourth-order valence-corrected chi connectivity index (χ4v) is 4.20. The van der Waals surface area contributed by atoms with E-state index in [1.807, 2.05) is 29.0 Å². The van der Waals surface area contributed by atoms with Crippen LogP contribution in [0.1, 0.15) is 18.9 Å². The van der Waals surface area contributed by atoms with Gasteiger partial charge >= 0.3 is 12.4 Å². The molecule has 0 bridgehead atoms. The highest BCUT2D eigenvalue weighted by Gasteiger charge is 2.31. The number of hydrogen-bond donors (Lipinski definition) is 2. The van der Waals surface area contributed by atoms with Gasteiger partial charge in [-0.2, -0.15) is 0 Å². The van der Waals surface area contributed by atoms with Crippen molar-refractivity contribution in [3.05, 3.63) is 69.3 Å². The largest absolute Gasteiger partial charge is 0.573 e. The molecule has 6 nitrogen and oxygen atoms in total. The summed E-state index contributed by atoms with van der Waals surface area (Å²) in [6.07, 6.45) is -4.10. The standard InChI is InChI=1S/C23H24ClF3N4O2S/c1-2-28-21(32)29-12-3-13-31-20(17-6-10-19(11-7-17)33-23(25,26)27)15-34-22(31)30-14-16-4-8-18(24)9-5-16/h4-11,15H,2-3,12-14H2,1H3,(H2,28,29,32). The van der Waals surface area contributed by atoms with Gasteiger partial charge in [-0.25, -0.2) is 4.79 Å². The Bertz CT molecular complexity index is 1140. The Morgan fingerprint density at radius 2 is 1.82 bits per heavy atom. The number of hydrogen-bond acceptors (Lipinski definition) is 4. The molecule has 11 heteroatoms. The number of urea groups is 1. The molecule has 0 spiro atoms. The molecule has 0 aliphatic heterocycles. The molecule has 3 aromatic rings. The molecule has 2 aromatic carbocycles. The summed E-state index contributed by atoms with van der Waals surface area (Å²) >= 11 is 7.39. The van der Waals surface area contributed by atoms with Crippen LogP contribution in [-0.4, -0.2) is 30.1 Å². The van der Waals surface area contributed by atoms with Crippen molar-refractivity contribution in [3.63, 3.8) is 0 Å². The molecule has 0 radical (unpaired) electrons. The lowest BCUT2D eigenvalue weighted by Crippen LogP contribution is -2.36. The van der Waals surface area contributed by atoms with Crippen molar-refractivity contribution in [2.45, 2.75) is 32.8 Å². The summed E-state index contributed by atoms with van der Waals surface area (Å²) < 4.78 is 43.4. The number of carbonyl (C=O) groups excluding carboxylic acids is 1. The van der Waals surface area contributed by atoms with Gasteiger partial charge in [0.1, 0.15) is 5.75 Å². The highest BCUT2D eigenvalue weighted by atomic mass is 35.5. The lowest BCUT2D eigenvalue weighted by molar-refractivity contribution is -0.274. The third-order valence-corrected chi connectivity index (χ3v) is 5.83. The van der Waals surface area contributed by atoms with Crippen LogP contribution in [0.3, 0.4) is 0 Å². The number of carbonyl (C=O) groups is 1. The first-order valence-corrected chi connectivity index (χ1v) is 11.8. The van der Waals surface area contributed by atoms with E-state index in [1.165, 1.54) is 23.5 Å². The molecule has 0 atom stereocenters. The smallest absolute Gasteiger partial charge is 0.406 e. The number of rotatable bonds is 9. The van der Waals surface area contributed by atoms with Crippen LogP contribution in [0.5, 0.6) is 5.75 Å². The van der Waals surface area contributed by atoms with E-state index in [-0.39, 0.29) is 11.8 Å². The van der Waals surface area contributed by atoms with E-state index in [4.69, 9.17) is 16.6 Å². The van der Waals surface area contributed by atoms with Crippen LogP contribution >= 0.6 is 22.9 Å². The first kappa shape index (κ1) is 25.6. The summed E-state index contributed by atoms with van der Waals surface area (Å²) in [5.74, 6) is -0.281. The first-order valence-electron chi connectivity index (χ1n) is 10.6. The minimum atomic E-state index is -4.74. The average molecular weight is 513 g/mol. The molecule has 0 unspecified atom stereocenters. The average Bonchev–Trinajstić information content (AvgIpc) is 3.18. The van der Waals surface area contributed by atoms with Crippen molar-refractivity contribution < 1.29 is 22.7 Å². The lowest BCUT2D eigenvalue weighted by atomic mass is 10.1. The summed E-state index contributed by atoms with van der Waals surface area (Å²) in [6, 6.07) is 12.9. The Labute approximate surface area is 204 Å². The number of alkyl halides is 3. The van der Waals surface area contributed by atoms with Crippen LogP contribution in [0.4, 0.5) is 18.0 Å². The topological polar surface area (TPSA) is 67.7 Å². The zero-order chi connectivity index (χ0) is 24.6. The maximum absolute atomic E-state index is 12.5. The Hall–Kier alpha value is -2.98. The van der Waals surface area contributed by atoms with Crippen LogP contribution in [0.2, 0.25) is 5.02 Å². The second-order valence-corrected chi connectivity index (χ2v) is 8.48. The van der Waals surface area contributed by atoms with Gasteiger partial charge in [0.25, 0.3) is 0 Å². The van der Waals surface area contributed by atoms with Crippen molar-refractivity contribution in [1.82, 2.24) is 15.2 Å². The van der Waals surface area contributed by atoms with Crippen LogP contribution in [0.25, 0.3) is 11.3 Å². The van der Waals surface area contributed by atoms with Gasteiger partial charge in [-0.05, 0) is 60.9 Å². The minimum absolute atomic E-state index is 0.231. The minimum Gasteiger partial charge on any atom is -0.406 e. The monoisotopic (exact) mass is 512 g/mol. The molecule has 2 N–H and O–H groups in total. The predicted octanol–water partition coefficient (Wildman–Crippen LogP) is 5.58. The third-order valence-electron chi connectivity index (χ3n) is 4.67. The molecular formula is C23H24ClF3N4O2S. The number of ether oxygens (including phenoxy) is 1. The molecule has 0 fully saturated rings. The third kappa shape index (κ3) is 7.81. The molecular weight excluding hydrogens is 489 g/mol. The van der Waals surface area contributed by atoms with Crippen LogP contribution in [0.15, 0.2) is 58.9 Å². The Morgan fingerprint density at radius 1 is 1.12 bits per heavy atom. The zero-order valence-electron chi connectivity index (χ0n) is 18.4. The summed E-state index contributed by atoms with van der Waals surface area (Å²) in [5, 5.41) is 8.03. The summed E-state index contributed by atoms with van der Waals surface area (Å²) in [6.45, 7) is 3.85. The Kier molecular flexibility index (Phi) is 9.00. The van der Waals surface area contributed by atoms with Crippen molar-refractivity contribution in [3.8, 4) is 17.0 Å². The maximum Gasteiger partial charge on any atom is 0.573 e. The van der Waals surface area contributed by atoms with Crippen LogP contribution < -0.4 is 20.2 Å². The van der Waals surface area contributed by atoms with Crippen LogP contribution in [0, 0.1) is 0 Å². The van der Waals surface area contributed by atoms with Gasteiger partial charge in [-0.15, -0.1) is 24.5 Å². The zero-order valence-corrected chi connectivity index (χ0v) is 19.9. The second kappa shape index (κ2) is 11.9. The van der Waals surface area contributed by atoms with Gasteiger partial charge in [-0.3, -0.25) is 4.99 Å². The molecule has 0 saturated carbocycles. The van der Waals surface area contributed by atoms with E-state index < -0.39 is 6.36 Å². The second-order valence-electron chi connectivity index (χ2n) is 7.21. The molecule has 0 aliphatic carbocycles. The first-order chi connectivity index (χ1) is 16.2. The van der Waals surface area contributed by atoms with Crippen LogP contribution in [-0.2, 0) is 13.1 Å². The van der Waals surface area contributed by atoms with Gasteiger partial charge in [0.05, 0.1) is 12.2 Å². The normalized spacial score (nSPS) is 12.0. The van der Waals surface area contributed by atoms with Crippen molar-refractivity contribution in [2.75, 3.05) is 13.1 Å². The molecule has 182 valence electrons. The van der Waals surface area contributed by atoms with Gasteiger partial charge in [0, 0.05) is 30.0 Å². The number of aromatic nitrogens is 1. The summed E-state index contributed by atoms with van der Waals surface area (Å²) in [5.41, 5.74) is 2.55. The number of nitrogens with zero attached hydrogens (tertiary/aromatic N) is 2. The highest BCUT2D eigenvalue weighted by Crippen LogP contribution is 2.27. The molecule has 0 aliphatic rings. The van der Waals surface area contributed by atoms with E-state index in [9.17, 15) is 18.0 Å². The molecule has 2 amide bonds. The van der Waals surface area contributed by atoms with Gasteiger partial charge < -0.3 is 19.9 Å². The highest BCUT2D eigenvalue weighted by molar-refractivity contribution is 7.07. The predicted molar refractivity (Wildman–Crippen MR) is 127 cm³/mol. The van der Waals surface area contributed by atoms with Crippen molar-refractivity contribution in [2.24, 2.45) is 4.99 Å². The van der Waals surface area contributed by atoms with E-state index in [2.05, 4.69) is 15.4 Å². The summed E-state index contributed by atoms with van der Waals surface area (Å²) in [4.78, 5) is 17.1. The number of nitrogens with one attached hydrogen (secondary N) is 2.